The van der Waals surface area contributed by atoms with E-state index < -0.39 is 0 Å². The van der Waals surface area contributed by atoms with Gasteiger partial charge < -0.3 is 15.7 Å². The van der Waals surface area contributed by atoms with Gasteiger partial charge >= 0.3 is 0 Å². The zero-order chi connectivity index (χ0) is 14.3. The molecule has 7 heteroatoms. The van der Waals surface area contributed by atoms with Gasteiger partial charge in [0.1, 0.15) is 17.0 Å². The number of carbonyl (C=O) groups excluding carboxylic acids is 1. The van der Waals surface area contributed by atoms with E-state index in [0.29, 0.717) is 12.4 Å². The van der Waals surface area contributed by atoms with Crippen molar-refractivity contribution in [2.45, 2.75) is 18.8 Å². The van der Waals surface area contributed by atoms with Gasteiger partial charge in [-0.2, -0.15) is 0 Å². The van der Waals surface area contributed by atoms with E-state index >= 15 is 0 Å². The van der Waals surface area contributed by atoms with Crippen molar-refractivity contribution in [1.82, 2.24) is 14.9 Å². The van der Waals surface area contributed by atoms with Crippen LogP contribution in [-0.4, -0.2) is 46.1 Å². The number of likely N-dealkylation sites (N-methyl/N-ethyl adjacent to an activating group) is 1. The predicted molar refractivity (Wildman–Crippen MR) is 77.6 cm³/mol. The molecule has 0 aromatic carbocycles. The number of aryl methyl sites for hydroxylation is 1. The maximum atomic E-state index is 12.5. The van der Waals surface area contributed by atoms with Crippen LogP contribution in [0.3, 0.4) is 0 Å². The van der Waals surface area contributed by atoms with Crippen LogP contribution in [0, 0.1) is 0 Å². The molecule has 0 saturated heterocycles. The smallest absolute Gasteiger partial charge is 0.230 e. The summed E-state index contributed by atoms with van der Waals surface area (Å²) in [4.78, 5) is 24.4. The normalized spacial score (nSPS) is 17.4. The van der Waals surface area contributed by atoms with Gasteiger partial charge in [0.2, 0.25) is 5.91 Å². The second-order valence-electron chi connectivity index (χ2n) is 4.95. The van der Waals surface area contributed by atoms with Gasteiger partial charge in [-0.15, -0.1) is 11.3 Å². The highest BCUT2D eigenvalue weighted by molar-refractivity contribution is 7.19. The van der Waals surface area contributed by atoms with E-state index in [2.05, 4.69) is 9.97 Å². The first-order valence-electron chi connectivity index (χ1n) is 6.51. The summed E-state index contributed by atoms with van der Waals surface area (Å²) in [5, 5.41) is 9.80. The monoisotopic (exact) mass is 292 g/mol. The number of amides is 1. The van der Waals surface area contributed by atoms with E-state index in [1.165, 1.54) is 11.2 Å². The molecular weight excluding hydrogens is 276 g/mol. The number of aromatic nitrogens is 2. The van der Waals surface area contributed by atoms with Crippen molar-refractivity contribution in [2.75, 3.05) is 25.9 Å². The summed E-state index contributed by atoms with van der Waals surface area (Å²) in [6.45, 7) is 0.316. The molecule has 2 aromatic rings. The van der Waals surface area contributed by atoms with Crippen LogP contribution in [-0.2, 0) is 11.2 Å². The number of rotatable bonds is 3. The third-order valence-electron chi connectivity index (χ3n) is 3.75. The maximum absolute atomic E-state index is 12.5. The lowest BCUT2D eigenvalue weighted by atomic mass is 9.99. The number of anilines is 1. The average molecular weight is 292 g/mol. The lowest BCUT2D eigenvalue weighted by Gasteiger charge is -2.20. The number of nitrogen functional groups attached to an aromatic ring is 1. The largest absolute Gasteiger partial charge is 0.395 e. The molecule has 20 heavy (non-hydrogen) atoms. The van der Waals surface area contributed by atoms with Gasteiger partial charge in [-0.1, -0.05) is 0 Å². The molecule has 106 valence electrons. The molecule has 1 aliphatic rings. The second-order valence-corrected chi connectivity index (χ2v) is 6.04. The van der Waals surface area contributed by atoms with Crippen LogP contribution in [0.1, 0.15) is 22.8 Å². The third kappa shape index (κ3) is 1.94. The summed E-state index contributed by atoms with van der Waals surface area (Å²) in [7, 11) is 1.71. The van der Waals surface area contributed by atoms with Gasteiger partial charge in [0.25, 0.3) is 0 Å². The van der Waals surface area contributed by atoms with E-state index in [0.717, 1.165) is 28.6 Å². The highest BCUT2D eigenvalue weighted by Crippen LogP contribution is 2.45. The quantitative estimate of drug-likeness (QED) is 0.871. The Morgan fingerprint density at radius 2 is 2.40 bits per heavy atom. The van der Waals surface area contributed by atoms with Crippen LogP contribution < -0.4 is 5.73 Å². The first kappa shape index (κ1) is 13.3. The van der Waals surface area contributed by atoms with Gasteiger partial charge in [0, 0.05) is 18.5 Å². The minimum absolute atomic E-state index is 0.0285. The van der Waals surface area contributed by atoms with Crippen molar-refractivity contribution < 1.29 is 9.90 Å². The molecule has 0 radical (unpaired) electrons. The van der Waals surface area contributed by atoms with Gasteiger partial charge in [0.05, 0.1) is 17.9 Å². The molecule has 3 rings (SSSR count). The Morgan fingerprint density at radius 1 is 1.60 bits per heavy atom. The number of hydrogen-bond acceptors (Lipinski definition) is 6. The van der Waals surface area contributed by atoms with Gasteiger partial charge in [-0.25, -0.2) is 9.97 Å². The molecule has 0 aliphatic heterocycles. The molecule has 1 atom stereocenters. The molecule has 0 spiro atoms. The SMILES string of the molecule is CN(CCO)C(=O)C1CCc2sc3ncnc(N)c3c21. The van der Waals surface area contributed by atoms with Crippen molar-refractivity contribution in [1.29, 1.82) is 0 Å². The maximum Gasteiger partial charge on any atom is 0.230 e. The van der Waals surface area contributed by atoms with E-state index in [1.807, 2.05) is 0 Å². The van der Waals surface area contributed by atoms with Crippen molar-refractivity contribution in [3.05, 3.63) is 16.8 Å². The summed E-state index contributed by atoms with van der Waals surface area (Å²) < 4.78 is 0. The fraction of sp³-hybridized carbons (Fsp3) is 0.462. The van der Waals surface area contributed by atoms with Crippen LogP contribution in [0.15, 0.2) is 6.33 Å². The minimum atomic E-state index is -0.191. The Labute approximate surface area is 120 Å². The number of nitrogens with zero attached hydrogens (tertiary/aromatic N) is 3. The minimum Gasteiger partial charge on any atom is -0.395 e. The number of nitrogens with two attached hydrogens (primary N) is 1. The molecule has 6 nitrogen and oxygen atoms in total. The number of aliphatic hydroxyl groups is 1. The van der Waals surface area contributed by atoms with Gasteiger partial charge in [-0.05, 0) is 18.4 Å². The lowest BCUT2D eigenvalue weighted by molar-refractivity contribution is -0.131. The zero-order valence-electron chi connectivity index (χ0n) is 11.2. The van der Waals surface area contributed by atoms with Crippen LogP contribution >= 0.6 is 11.3 Å². The third-order valence-corrected chi connectivity index (χ3v) is 4.92. The summed E-state index contributed by atoms with van der Waals surface area (Å²) in [5.41, 5.74) is 6.96. The lowest BCUT2D eigenvalue weighted by Crippen LogP contribution is -2.33. The van der Waals surface area contributed by atoms with Gasteiger partial charge in [0.15, 0.2) is 0 Å². The average Bonchev–Trinajstić information content (AvgIpc) is 2.97. The van der Waals surface area contributed by atoms with Crippen LogP contribution in [0.25, 0.3) is 10.2 Å². The Hall–Kier alpha value is -1.73. The van der Waals surface area contributed by atoms with Gasteiger partial charge in [-0.3, -0.25) is 4.79 Å². The van der Waals surface area contributed by atoms with E-state index in [4.69, 9.17) is 10.8 Å². The zero-order valence-corrected chi connectivity index (χ0v) is 12.0. The fourth-order valence-corrected chi connectivity index (χ4v) is 4.00. The molecule has 0 saturated carbocycles. The highest BCUT2D eigenvalue weighted by Gasteiger charge is 2.35. The van der Waals surface area contributed by atoms with Crippen LogP contribution in [0.4, 0.5) is 5.82 Å². The Morgan fingerprint density at radius 3 is 3.15 bits per heavy atom. The Kier molecular flexibility index (Phi) is 3.31. The van der Waals surface area contributed by atoms with E-state index in [-0.39, 0.29) is 18.4 Å². The fourth-order valence-electron chi connectivity index (χ4n) is 2.77. The molecular formula is C13H16N4O2S. The first-order valence-corrected chi connectivity index (χ1v) is 7.32. The molecule has 0 bridgehead atoms. The summed E-state index contributed by atoms with van der Waals surface area (Å²) in [6.07, 6.45) is 3.12. The number of carbonyl (C=O) groups is 1. The van der Waals surface area contributed by atoms with Crippen LogP contribution in [0.5, 0.6) is 0 Å². The molecule has 1 amide bonds. The molecule has 1 aliphatic carbocycles. The van der Waals surface area contributed by atoms with Crippen LogP contribution in [0.2, 0.25) is 0 Å². The Balaban J connectivity index is 2.05. The van der Waals surface area contributed by atoms with Crippen molar-refractivity contribution in [3.63, 3.8) is 0 Å². The molecule has 0 fully saturated rings. The highest BCUT2D eigenvalue weighted by atomic mass is 32.1. The van der Waals surface area contributed by atoms with E-state index in [1.54, 1.807) is 23.3 Å². The number of fused-ring (bicyclic) bond motifs is 3. The molecule has 3 N–H and O–H groups in total. The molecule has 1 unspecified atom stereocenters. The van der Waals surface area contributed by atoms with Crippen molar-refractivity contribution in [3.8, 4) is 0 Å². The van der Waals surface area contributed by atoms with Crippen molar-refractivity contribution >= 4 is 33.3 Å². The van der Waals surface area contributed by atoms with Crippen molar-refractivity contribution in [2.24, 2.45) is 0 Å². The summed E-state index contributed by atoms with van der Waals surface area (Å²) in [6, 6.07) is 0. The predicted octanol–water partition coefficient (Wildman–Crippen LogP) is 0.754. The Bertz CT molecular complexity index is 670. The number of hydrogen-bond donors (Lipinski definition) is 2. The van der Waals surface area contributed by atoms with E-state index in [9.17, 15) is 4.79 Å². The molecule has 2 aromatic heterocycles. The topological polar surface area (TPSA) is 92.3 Å². The summed E-state index contributed by atoms with van der Waals surface area (Å²) in [5.74, 6) is 0.279. The summed E-state index contributed by atoms with van der Waals surface area (Å²) >= 11 is 1.60. The number of aliphatic hydroxyl groups excluding tert-OH is 1. The standard InChI is InChI=1S/C13H16N4O2S/c1-17(4-5-18)13(19)7-2-3-8-9(7)10-11(14)15-6-16-12(10)20-8/h6-7,18H,2-5H2,1H3,(H2,14,15,16). The number of thiophene rings is 1. The molecule has 2 heterocycles. The second kappa shape index (κ2) is 4.99. The first-order chi connectivity index (χ1) is 9.63.